The van der Waals surface area contributed by atoms with Gasteiger partial charge in [-0.2, -0.15) is 11.8 Å². The highest BCUT2D eigenvalue weighted by atomic mass is 32.2. The molecule has 108 valence electrons. The third-order valence-corrected chi connectivity index (χ3v) is 4.98. The Hall–Kier alpha value is -0.630. The van der Waals surface area contributed by atoms with Crippen LogP contribution in [0.2, 0.25) is 0 Å². The minimum Gasteiger partial charge on any atom is -0.326 e. The molecule has 19 heavy (non-hydrogen) atoms. The lowest BCUT2D eigenvalue weighted by atomic mass is 10.1. The number of hydrogen-bond donors (Lipinski definition) is 2. The molecule has 0 unspecified atom stereocenters. The highest BCUT2D eigenvalue weighted by Gasteiger charge is 2.19. The van der Waals surface area contributed by atoms with Crippen LogP contribution in [0.1, 0.15) is 17.5 Å². The number of rotatable bonds is 7. The monoisotopic (exact) mass is 306 g/mol. The van der Waals surface area contributed by atoms with Crippen molar-refractivity contribution in [3.05, 3.63) is 29.1 Å². The van der Waals surface area contributed by atoms with Crippen molar-refractivity contribution in [2.75, 3.05) is 18.6 Å². The van der Waals surface area contributed by atoms with Gasteiger partial charge in [0.15, 0.2) is 0 Å². The molecule has 1 rings (SSSR count). The van der Waals surface area contributed by atoms with Crippen molar-refractivity contribution < 1.29 is 12.8 Å². The number of halogens is 1. The maximum Gasteiger partial charge on any atom is 0.240 e. The van der Waals surface area contributed by atoms with Crippen molar-refractivity contribution in [1.29, 1.82) is 0 Å². The zero-order valence-corrected chi connectivity index (χ0v) is 12.7. The first-order valence-corrected chi connectivity index (χ1v) is 8.77. The number of hydrogen-bond acceptors (Lipinski definition) is 4. The fourth-order valence-electron chi connectivity index (χ4n) is 1.60. The number of nitrogens with two attached hydrogens (primary N) is 1. The molecule has 3 N–H and O–H groups in total. The van der Waals surface area contributed by atoms with Gasteiger partial charge >= 0.3 is 0 Å². The summed E-state index contributed by atoms with van der Waals surface area (Å²) in [6, 6.07) is 2.69. The molecular weight excluding hydrogens is 287 g/mol. The average molecular weight is 306 g/mol. The smallest absolute Gasteiger partial charge is 0.240 e. The van der Waals surface area contributed by atoms with Gasteiger partial charge in [-0.15, -0.1) is 0 Å². The Balaban J connectivity index is 2.97. The lowest BCUT2D eigenvalue weighted by Crippen LogP contribution is -2.26. The van der Waals surface area contributed by atoms with E-state index in [4.69, 9.17) is 5.73 Å². The second kappa shape index (κ2) is 7.23. The third kappa shape index (κ3) is 4.45. The molecule has 0 fully saturated rings. The molecule has 0 amide bonds. The summed E-state index contributed by atoms with van der Waals surface area (Å²) in [7, 11) is -3.68. The number of nitrogens with one attached hydrogen (secondary N) is 1. The van der Waals surface area contributed by atoms with E-state index in [1.54, 1.807) is 11.8 Å². The minimum atomic E-state index is -3.68. The van der Waals surface area contributed by atoms with Crippen molar-refractivity contribution in [3.63, 3.8) is 0 Å². The first-order valence-electron chi connectivity index (χ1n) is 5.90. The maximum absolute atomic E-state index is 13.6. The number of thioether (sulfide) groups is 1. The van der Waals surface area contributed by atoms with Crippen LogP contribution >= 0.6 is 11.8 Å². The van der Waals surface area contributed by atoms with Gasteiger partial charge in [0.1, 0.15) is 5.82 Å². The second-order valence-electron chi connectivity index (χ2n) is 4.15. The molecule has 7 heteroatoms. The van der Waals surface area contributed by atoms with E-state index >= 15 is 0 Å². The van der Waals surface area contributed by atoms with E-state index in [9.17, 15) is 12.8 Å². The molecule has 0 saturated heterocycles. The minimum absolute atomic E-state index is 0.0305. The van der Waals surface area contributed by atoms with Crippen LogP contribution < -0.4 is 10.5 Å². The fourth-order valence-corrected chi connectivity index (χ4v) is 3.41. The quantitative estimate of drug-likeness (QED) is 0.751. The van der Waals surface area contributed by atoms with Crippen molar-refractivity contribution in [2.24, 2.45) is 5.73 Å². The second-order valence-corrected chi connectivity index (χ2v) is 6.87. The topological polar surface area (TPSA) is 72.2 Å². The van der Waals surface area contributed by atoms with Gasteiger partial charge in [0.05, 0.1) is 4.90 Å². The maximum atomic E-state index is 13.6. The lowest BCUT2D eigenvalue weighted by Gasteiger charge is -2.11. The van der Waals surface area contributed by atoms with Gasteiger partial charge < -0.3 is 5.73 Å². The molecule has 0 saturated carbocycles. The summed E-state index contributed by atoms with van der Waals surface area (Å²) in [4.78, 5) is -0.0305. The molecule has 0 aliphatic rings. The zero-order valence-electron chi connectivity index (χ0n) is 11.1. The van der Waals surface area contributed by atoms with Crippen molar-refractivity contribution in [3.8, 4) is 0 Å². The summed E-state index contributed by atoms with van der Waals surface area (Å²) in [6.07, 6.45) is 2.69. The van der Waals surface area contributed by atoms with Crippen LogP contribution in [-0.4, -0.2) is 27.0 Å². The van der Waals surface area contributed by atoms with E-state index in [1.165, 1.54) is 19.1 Å². The van der Waals surface area contributed by atoms with E-state index in [0.717, 1.165) is 12.2 Å². The van der Waals surface area contributed by atoms with Crippen molar-refractivity contribution in [2.45, 2.75) is 24.8 Å². The molecule has 1 aromatic rings. The van der Waals surface area contributed by atoms with Gasteiger partial charge in [0, 0.05) is 18.7 Å². The highest BCUT2D eigenvalue weighted by Crippen LogP contribution is 2.20. The van der Waals surface area contributed by atoms with Crippen LogP contribution in [0.15, 0.2) is 17.0 Å². The summed E-state index contributed by atoms with van der Waals surface area (Å²) in [5, 5.41) is 0. The molecule has 0 spiro atoms. The van der Waals surface area contributed by atoms with E-state index in [-0.39, 0.29) is 17.0 Å². The predicted octanol–water partition coefficient (Wildman–Crippen LogP) is 1.62. The SMILES string of the molecule is CSCCCNS(=O)(=O)c1cc(CN)cc(F)c1C. The van der Waals surface area contributed by atoms with Crippen LogP contribution in [0.25, 0.3) is 0 Å². The van der Waals surface area contributed by atoms with Gasteiger partial charge in [-0.25, -0.2) is 17.5 Å². The summed E-state index contributed by atoms with van der Waals surface area (Å²) < 4.78 is 40.4. The van der Waals surface area contributed by atoms with Gasteiger partial charge in [-0.05, 0) is 43.0 Å². The summed E-state index contributed by atoms with van der Waals surface area (Å²) >= 11 is 1.65. The van der Waals surface area contributed by atoms with Crippen LogP contribution in [-0.2, 0) is 16.6 Å². The zero-order chi connectivity index (χ0) is 14.5. The van der Waals surface area contributed by atoms with Crippen LogP contribution in [0.3, 0.4) is 0 Å². The average Bonchev–Trinajstić information content (AvgIpc) is 2.37. The largest absolute Gasteiger partial charge is 0.326 e. The summed E-state index contributed by atoms with van der Waals surface area (Å²) in [5.41, 5.74) is 6.02. The van der Waals surface area contributed by atoms with Gasteiger partial charge in [0.2, 0.25) is 10.0 Å². The molecule has 1 aromatic carbocycles. The fraction of sp³-hybridized carbons (Fsp3) is 0.500. The molecule has 0 atom stereocenters. The summed E-state index contributed by atoms with van der Waals surface area (Å²) in [5.74, 6) is 0.325. The normalized spacial score (nSPS) is 11.8. The summed E-state index contributed by atoms with van der Waals surface area (Å²) in [6.45, 7) is 1.90. The van der Waals surface area contributed by atoms with Gasteiger partial charge in [-0.1, -0.05) is 0 Å². The Bertz CT molecular complexity index is 533. The molecule has 0 aliphatic heterocycles. The van der Waals surface area contributed by atoms with E-state index in [1.807, 2.05) is 6.26 Å². The first kappa shape index (κ1) is 16.4. The predicted molar refractivity (Wildman–Crippen MR) is 77.2 cm³/mol. The molecule has 0 radical (unpaired) electrons. The Morgan fingerprint density at radius 1 is 1.42 bits per heavy atom. The van der Waals surface area contributed by atoms with E-state index in [2.05, 4.69) is 4.72 Å². The van der Waals surface area contributed by atoms with Crippen molar-refractivity contribution >= 4 is 21.8 Å². The van der Waals surface area contributed by atoms with Crippen LogP contribution in [0, 0.1) is 12.7 Å². The molecule has 0 heterocycles. The molecular formula is C12H19FN2O2S2. The number of benzene rings is 1. The molecule has 0 aliphatic carbocycles. The lowest BCUT2D eigenvalue weighted by molar-refractivity contribution is 0.573. The Kier molecular flexibility index (Phi) is 6.25. The van der Waals surface area contributed by atoms with Crippen molar-refractivity contribution in [1.82, 2.24) is 4.72 Å². The molecule has 0 bridgehead atoms. The van der Waals surface area contributed by atoms with Gasteiger partial charge in [-0.3, -0.25) is 0 Å². The Labute approximate surface area is 118 Å². The Morgan fingerprint density at radius 2 is 2.11 bits per heavy atom. The molecule has 0 aromatic heterocycles. The van der Waals surface area contributed by atoms with Crippen LogP contribution in [0.5, 0.6) is 0 Å². The molecule has 4 nitrogen and oxygen atoms in total. The Morgan fingerprint density at radius 3 is 2.68 bits per heavy atom. The first-order chi connectivity index (χ1) is 8.92. The van der Waals surface area contributed by atoms with E-state index in [0.29, 0.717) is 12.1 Å². The van der Waals surface area contributed by atoms with E-state index < -0.39 is 15.8 Å². The highest BCUT2D eigenvalue weighted by molar-refractivity contribution is 7.98. The standard InChI is InChI=1S/C12H19FN2O2S2/c1-9-11(13)6-10(8-14)7-12(9)19(16,17)15-4-3-5-18-2/h6-7,15H,3-5,8,14H2,1-2H3. The van der Waals surface area contributed by atoms with Gasteiger partial charge in [0.25, 0.3) is 0 Å². The third-order valence-electron chi connectivity index (χ3n) is 2.70. The number of sulfonamides is 1. The van der Waals surface area contributed by atoms with Crippen LogP contribution in [0.4, 0.5) is 4.39 Å².